The molecule has 0 radical (unpaired) electrons. The molecule has 0 saturated heterocycles. The Bertz CT molecular complexity index is 504. The summed E-state index contributed by atoms with van der Waals surface area (Å²) in [6.07, 6.45) is 4.90. The second-order valence-corrected chi connectivity index (χ2v) is 5.15. The van der Waals surface area contributed by atoms with Gasteiger partial charge in [-0.2, -0.15) is 0 Å². The zero-order valence-corrected chi connectivity index (χ0v) is 9.63. The smallest absolute Gasteiger partial charge is 0.241 e. The lowest BCUT2D eigenvalue weighted by Gasteiger charge is -2.08. The Balaban J connectivity index is 2.07. The largest absolute Gasteiger partial charge is 0.366 e. The fraction of sp³-hybridized carbons (Fsp3) is 0.400. The summed E-state index contributed by atoms with van der Waals surface area (Å²) in [5.41, 5.74) is 7.01. The molecule has 6 heteroatoms. The van der Waals surface area contributed by atoms with Crippen LogP contribution >= 0.6 is 11.3 Å². The molecule has 0 fully saturated rings. The number of aryl methyl sites for hydroxylation is 2. The average Bonchev–Trinajstić information content (AvgIpc) is 2.84. The molecule has 3 rings (SSSR count). The third-order valence-corrected chi connectivity index (χ3v) is 4.17. The van der Waals surface area contributed by atoms with Gasteiger partial charge < -0.3 is 11.6 Å². The molecule has 0 saturated carbocycles. The van der Waals surface area contributed by atoms with Crippen LogP contribution in [0.3, 0.4) is 0 Å². The number of nitrogens with two attached hydrogens (primary N) is 2. The van der Waals surface area contributed by atoms with Crippen LogP contribution in [0.5, 0.6) is 0 Å². The first kappa shape index (κ1) is 9.65. The van der Waals surface area contributed by atoms with Gasteiger partial charge in [0.15, 0.2) is 5.82 Å². The van der Waals surface area contributed by atoms with E-state index in [1.807, 2.05) is 0 Å². The highest BCUT2D eigenvalue weighted by molar-refractivity contribution is 7.15. The van der Waals surface area contributed by atoms with Crippen LogP contribution in [0.4, 0.5) is 5.95 Å². The second-order valence-electron chi connectivity index (χ2n) is 4.02. The predicted octanol–water partition coefficient (Wildman–Crippen LogP) is 1.18. The van der Waals surface area contributed by atoms with Crippen molar-refractivity contribution in [2.45, 2.75) is 25.7 Å². The third kappa shape index (κ3) is 1.37. The van der Waals surface area contributed by atoms with Crippen molar-refractivity contribution in [3.05, 3.63) is 16.5 Å². The molecule has 0 amide bonds. The Hall–Kier alpha value is -1.56. The minimum absolute atomic E-state index is 0.251. The molecule has 0 aromatic carbocycles. The molecule has 2 aromatic heterocycles. The molecule has 84 valence electrons. The zero-order valence-electron chi connectivity index (χ0n) is 8.81. The van der Waals surface area contributed by atoms with E-state index in [2.05, 4.69) is 16.3 Å². The molecule has 1 aliphatic carbocycles. The molecule has 2 heterocycles. The quantitative estimate of drug-likeness (QED) is 0.727. The first-order valence-electron chi connectivity index (χ1n) is 5.33. The molecule has 2 aromatic rings. The third-order valence-electron chi connectivity index (χ3n) is 2.94. The van der Waals surface area contributed by atoms with Gasteiger partial charge in [-0.3, -0.25) is 0 Å². The Morgan fingerprint density at radius 1 is 1.25 bits per heavy atom. The van der Waals surface area contributed by atoms with Crippen LogP contribution in [0.2, 0.25) is 0 Å². The van der Waals surface area contributed by atoms with E-state index in [1.54, 1.807) is 11.3 Å². The lowest BCUT2D eigenvalue weighted by Crippen LogP contribution is -2.12. The van der Waals surface area contributed by atoms with Crippen molar-refractivity contribution < 1.29 is 0 Å². The Kier molecular flexibility index (Phi) is 2.10. The minimum atomic E-state index is 0.251. The maximum Gasteiger partial charge on any atom is 0.241 e. The van der Waals surface area contributed by atoms with Crippen molar-refractivity contribution in [1.29, 1.82) is 0 Å². The summed E-state index contributed by atoms with van der Waals surface area (Å²) in [6.45, 7) is 0. The van der Waals surface area contributed by atoms with E-state index in [-0.39, 0.29) is 5.95 Å². The van der Waals surface area contributed by atoms with Crippen molar-refractivity contribution in [3.63, 3.8) is 0 Å². The van der Waals surface area contributed by atoms with Gasteiger partial charge in [-0.1, -0.05) is 0 Å². The number of nitrogens with zero attached hydrogens (tertiary/aromatic N) is 3. The summed E-state index contributed by atoms with van der Waals surface area (Å²) in [5.74, 6) is 6.68. The predicted molar refractivity (Wildman–Crippen MR) is 64.5 cm³/mol. The molecule has 16 heavy (non-hydrogen) atoms. The highest BCUT2D eigenvalue weighted by Crippen LogP contribution is 2.34. The van der Waals surface area contributed by atoms with Gasteiger partial charge in [0.2, 0.25) is 5.95 Å². The van der Waals surface area contributed by atoms with E-state index in [0.717, 1.165) is 4.88 Å². The Morgan fingerprint density at radius 2 is 2.06 bits per heavy atom. The van der Waals surface area contributed by atoms with E-state index in [9.17, 15) is 0 Å². The van der Waals surface area contributed by atoms with Gasteiger partial charge >= 0.3 is 0 Å². The highest BCUT2D eigenvalue weighted by atomic mass is 32.1. The van der Waals surface area contributed by atoms with Crippen LogP contribution in [-0.2, 0) is 12.8 Å². The average molecular weight is 235 g/mol. The van der Waals surface area contributed by atoms with Gasteiger partial charge in [0.25, 0.3) is 0 Å². The summed E-state index contributed by atoms with van der Waals surface area (Å²) in [7, 11) is 0. The van der Waals surface area contributed by atoms with Crippen LogP contribution in [0, 0.1) is 0 Å². The van der Waals surface area contributed by atoms with E-state index < -0.39 is 0 Å². The summed E-state index contributed by atoms with van der Waals surface area (Å²) in [5, 5.41) is 7.77. The van der Waals surface area contributed by atoms with Gasteiger partial charge in [0.1, 0.15) is 0 Å². The van der Waals surface area contributed by atoms with Crippen LogP contribution in [0.1, 0.15) is 23.3 Å². The van der Waals surface area contributed by atoms with Gasteiger partial charge in [-0.05, 0) is 37.3 Å². The summed E-state index contributed by atoms with van der Waals surface area (Å²) in [4.78, 5) is 2.53. The van der Waals surface area contributed by atoms with Crippen LogP contribution in [-0.4, -0.2) is 14.9 Å². The SMILES string of the molecule is Nc1nnc(-c2cc3c(s2)CCCC3)n1N. The van der Waals surface area contributed by atoms with Gasteiger partial charge in [0.05, 0.1) is 4.88 Å². The van der Waals surface area contributed by atoms with Crippen LogP contribution < -0.4 is 11.6 Å². The Labute approximate surface area is 97.1 Å². The molecule has 5 nitrogen and oxygen atoms in total. The summed E-state index contributed by atoms with van der Waals surface area (Å²) < 4.78 is 1.34. The van der Waals surface area contributed by atoms with Crippen molar-refractivity contribution in [2.75, 3.05) is 11.6 Å². The molecule has 0 unspecified atom stereocenters. The molecule has 0 spiro atoms. The fourth-order valence-electron chi connectivity index (χ4n) is 2.07. The minimum Gasteiger partial charge on any atom is -0.366 e. The summed E-state index contributed by atoms with van der Waals surface area (Å²) >= 11 is 1.76. The van der Waals surface area contributed by atoms with E-state index >= 15 is 0 Å². The molecule has 0 bridgehead atoms. The Morgan fingerprint density at radius 3 is 2.75 bits per heavy atom. The van der Waals surface area contributed by atoms with Crippen molar-refractivity contribution in [2.24, 2.45) is 0 Å². The number of aromatic nitrogens is 3. The zero-order chi connectivity index (χ0) is 11.1. The van der Waals surface area contributed by atoms with Crippen LogP contribution in [0.25, 0.3) is 10.7 Å². The van der Waals surface area contributed by atoms with Crippen molar-refractivity contribution in [3.8, 4) is 10.7 Å². The second kappa shape index (κ2) is 3.48. The molecular formula is C10H13N5S. The van der Waals surface area contributed by atoms with Crippen molar-refractivity contribution >= 4 is 17.3 Å². The standard InChI is InChI=1S/C10H13N5S/c11-10-14-13-9(15(10)12)8-5-6-3-1-2-4-7(6)16-8/h5H,1-4,12H2,(H2,11,14). The van der Waals surface area contributed by atoms with Crippen LogP contribution in [0.15, 0.2) is 6.07 Å². The normalized spacial score (nSPS) is 15.0. The van der Waals surface area contributed by atoms with Gasteiger partial charge in [0, 0.05) is 4.88 Å². The lowest BCUT2D eigenvalue weighted by atomic mass is 9.99. The van der Waals surface area contributed by atoms with Crippen molar-refractivity contribution in [1.82, 2.24) is 14.9 Å². The number of rotatable bonds is 1. The first-order chi connectivity index (χ1) is 7.75. The number of anilines is 1. The lowest BCUT2D eigenvalue weighted by molar-refractivity contribution is 0.697. The summed E-state index contributed by atoms with van der Waals surface area (Å²) in [6, 6.07) is 2.17. The monoisotopic (exact) mass is 235 g/mol. The number of fused-ring (bicyclic) bond motifs is 1. The number of thiophene rings is 1. The highest BCUT2D eigenvalue weighted by Gasteiger charge is 2.17. The van der Waals surface area contributed by atoms with Gasteiger partial charge in [-0.25, -0.2) is 4.68 Å². The van der Waals surface area contributed by atoms with E-state index in [1.165, 1.54) is 40.8 Å². The maximum absolute atomic E-state index is 5.77. The number of hydrogen-bond donors (Lipinski definition) is 2. The first-order valence-corrected chi connectivity index (χ1v) is 6.15. The number of hydrogen-bond acceptors (Lipinski definition) is 5. The topological polar surface area (TPSA) is 82.8 Å². The molecular weight excluding hydrogens is 222 g/mol. The molecule has 4 N–H and O–H groups in total. The maximum atomic E-state index is 5.77. The van der Waals surface area contributed by atoms with E-state index in [4.69, 9.17) is 11.6 Å². The van der Waals surface area contributed by atoms with E-state index in [0.29, 0.717) is 5.82 Å². The fourth-order valence-corrected chi connectivity index (χ4v) is 3.31. The van der Waals surface area contributed by atoms with Gasteiger partial charge in [-0.15, -0.1) is 21.5 Å². The molecule has 0 aliphatic heterocycles. The molecule has 1 aliphatic rings. The number of nitrogen functional groups attached to an aromatic ring is 2. The molecule has 0 atom stereocenters.